The van der Waals surface area contributed by atoms with Crippen LogP contribution in [0.4, 0.5) is 14.5 Å². The summed E-state index contributed by atoms with van der Waals surface area (Å²) in [5, 5.41) is 3.48. The summed E-state index contributed by atoms with van der Waals surface area (Å²) in [6, 6.07) is 5.46. The number of hydrogen-bond donors (Lipinski definition) is 1. The molecular weight excluding hydrogens is 384 g/mol. The van der Waals surface area contributed by atoms with Gasteiger partial charge in [0.25, 0.3) is 0 Å². The first-order valence-corrected chi connectivity index (χ1v) is 11.2. The summed E-state index contributed by atoms with van der Waals surface area (Å²) in [7, 11) is -3.34. The molecule has 0 radical (unpaired) electrons. The Kier molecular flexibility index (Phi) is 4.87. The number of halogens is 2. The molecule has 150 valence electrons. The summed E-state index contributed by atoms with van der Waals surface area (Å²) in [6.45, 7) is 3.40. The van der Waals surface area contributed by atoms with Crippen LogP contribution in [0.3, 0.4) is 0 Å². The molecule has 0 amide bonds. The van der Waals surface area contributed by atoms with E-state index < -0.39 is 21.5 Å². The minimum Gasteiger partial charge on any atom is -0.370 e. The van der Waals surface area contributed by atoms with Crippen molar-refractivity contribution in [3.63, 3.8) is 0 Å². The summed E-state index contributed by atoms with van der Waals surface area (Å²) >= 11 is 0. The Morgan fingerprint density at radius 3 is 2.61 bits per heavy atom. The number of hydrogen-bond acceptors (Lipinski definition) is 5. The lowest BCUT2D eigenvalue weighted by molar-refractivity contribution is 0.375. The van der Waals surface area contributed by atoms with Gasteiger partial charge < -0.3 is 10.2 Å². The molecule has 0 saturated carbocycles. The van der Waals surface area contributed by atoms with Gasteiger partial charge in [-0.1, -0.05) is 6.07 Å². The largest absolute Gasteiger partial charge is 0.370 e. The van der Waals surface area contributed by atoms with E-state index in [2.05, 4.69) is 15.2 Å². The normalized spacial score (nSPS) is 25.0. The number of fused-ring (bicyclic) bond motifs is 1. The van der Waals surface area contributed by atoms with Crippen LogP contribution >= 0.6 is 0 Å². The Morgan fingerprint density at radius 2 is 1.96 bits per heavy atom. The highest BCUT2D eigenvalue weighted by atomic mass is 32.2. The highest BCUT2D eigenvalue weighted by Crippen LogP contribution is 2.38. The quantitative estimate of drug-likeness (QED) is 0.848. The zero-order valence-corrected chi connectivity index (χ0v) is 16.6. The topological polar surface area (TPSA) is 62.3 Å². The predicted molar refractivity (Wildman–Crippen MR) is 103 cm³/mol. The van der Waals surface area contributed by atoms with E-state index in [9.17, 15) is 17.2 Å². The van der Waals surface area contributed by atoms with Crippen LogP contribution < -0.4 is 10.2 Å². The number of piperidine rings is 1. The van der Waals surface area contributed by atoms with E-state index in [1.54, 1.807) is 12.3 Å². The zero-order chi connectivity index (χ0) is 20.1. The van der Waals surface area contributed by atoms with E-state index in [4.69, 9.17) is 0 Å². The summed E-state index contributed by atoms with van der Waals surface area (Å²) in [5.41, 5.74) is 1.89. The van der Waals surface area contributed by atoms with E-state index in [0.29, 0.717) is 6.42 Å². The van der Waals surface area contributed by atoms with E-state index in [0.717, 1.165) is 37.0 Å². The maximum Gasteiger partial charge on any atom is 0.192 e. The SMILES string of the molecule is Cc1cc(S(C)(=O)=O)ncc1N1CCC2NC(c3c(F)cccc3F)CC2C1. The Labute approximate surface area is 163 Å². The van der Waals surface area contributed by atoms with Crippen LogP contribution in [0.2, 0.25) is 0 Å². The van der Waals surface area contributed by atoms with E-state index in [1.165, 1.54) is 18.2 Å². The van der Waals surface area contributed by atoms with Gasteiger partial charge in [0.2, 0.25) is 0 Å². The average molecular weight is 407 g/mol. The third-order valence-electron chi connectivity index (χ3n) is 5.81. The van der Waals surface area contributed by atoms with Crippen LogP contribution in [-0.4, -0.2) is 38.8 Å². The first kappa shape index (κ1) is 19.3. The molecule has 2 saturated heterocycles. The molecule has 3 atom stereocenters. The van der Waals surface area contributed by atoms with Gasteiger partial charge in [-0.25, -0.2) is 22.2 Å². The number of rotatable bonds is 3. The summed E-state index contributed by atoms with van der Waals surface area (Å²) < 4.78 is 51.7. The Hall–Kier alpha value is -2.06. The summed E-state index contributed by atoms with van der Waals surface area (Å²) in [6.07, 6.45) is 4.27. The van der Waals surface area contributed by atoms with Crippen molar-refractivity contribution in [2.24, 2.45) is 5.92 Å². The van der Waals surface area contributed by atoms with Crippen molar-refractivity contribution in [1.82, 2.24) is 10.3 Å². The molecule has 0 bridgehead atoms. The number of nitrogens with zero attached hydrogens (tertiary/aromatic N) is 2. The fourth-order valence-electron chi connectivity index (χ4n) is 4.44. The van der Waals surface area contributed by atoms with Gasteiger partial charge in [0, 0.05) is 37.0 Å². The number of benzene rings is 1. The van der Waals surface area contributed by atoms with Crippen molar-refractivity contribution in [3.8, 4) is 0 Å². The van der Waals surface area contributed by atoms with Gasteiger partial charge in [0.1, 0.15) is 11.6 Å². The molecule has 0 spiro atoms. The van der Waals surface area contributed by atoms with E-state index in [-0.39, 0.29) is 28.6 Å². The minimum atomic E-state index is -3.34. The van der Waals surface area contributed by atoms with E-state index in [1.807, 2.05) is 6.92 Å². The molecule has 4 rings (SSSR count). The molecule has 0 aliphatic carbocycles. The van der Waals surface area contributed by atoms with Crippen LogP contribution in [0.15, 0.2) is 35.5 Å². The Bertz CT molecular complexity index is 992. The summed E-state index contributed by atoms with van der Waals surface area (Å²) in [5.74, 6) is -0.763. The predicted octanol–water partition coefficient (Wildman–Crippen LogP) is 3.00. The second kappa shape index (κ2) is 7.08. The molecule has 1 N–H and O–H groups in total. The van der Waals surface area contributed by atoms with E-state index >= 15 is 0 Å². The number of aromatic nitrogens is 1. The zero-order valence-electron chi connectivity index (χ0n) is 15.8. The number of anilines is 1. The molecule has 1 aromatic heterocycles. The minimum absolute atomic E-state index is 0.0706. The first-order chi connectivity index (χ1) is 13.2. The molecule has 1 aromatic carbocycles. The molecule has 8 heteroatoms. The van der Waals surface area contributed by atoms with Gasteiger partial charge in [-0.15, -0.1) is 0 Å². The van der Waals surface area contributed by atoms with Crippen LogP contribution in [0.25, 0.3) is 0 Å². The molecule has 2 aliphatic rings. The van der Waals surface area contributed by atoms with Crippen molar-refractivity contribution < 1.29 is 17.2 Å². The average Bonchev–Trinajstić information content (AvgIpc) is 3.03. The maximum absolute atomic E-state index is 14.2. The number of sulfone groups is 1. The number of nitrogens with one attached hydrogen (secondary N) is 1. The third-order valence-corrected chi connectivity index (χ3v) is 6.80. The Morgan fingerprint density at radius 1 is 1.25 bits per heavy atom. The van der Waals surface area contributed by atoms with Gasteiger partial charge in [-0.05, 0) is 49.4 Å². The smallest absolute Gasteiger partial charge is 0.192 e. The van der Waals surface area contributed by atoms with Crippen LogP contribution in [0.1, 0.15) is 30.0 Å². The number of aryl methyl sites for hydroxylation is 1. The second-order valence-corrected chi connectivity index (χ2v) is 9.74. The number of pyridine rings is 1. The van der Waals surface area contributed by atoms with Crippen molar-refractivity contribution in [1.29, 1.82) is 0 Å². The lowest BCUT2D eigenvalue weighted by Crippen LogP contribution is -2.44. The van der Waals surface area contributed by atoms with Gasteiger partial charge in [0.05, 0.1) is 11.9 Å². The molecule has 2 fully saturated rings. The molecule has 2 aliphatic heterocycles. The van der Waals surface area contributed by atoms with Crippen LogP contribution in [0, 0.1) is 24.5 Å². The highest BCUT2D eigenvalue weighted by Gasteiger charge is 2.40. The van der Waals surface area contributed by atoms with Crippen molar-refractivity contribution >= 4 is 15.5 Å². The molecule has 2 aromatic rings. The van der Waals surface area contributed by atoms with Crippen molar-refractivity contribution in [2.75, 3.05) is 24.2 Å². The third kappa shape index (κ3) is 3.51. The lowest BCUT2D eigenvalue weighted by Gasteiger charge is -2.36. The van der Waals surface area contributed by atoms with Gasteiger partial charge in [0.15, 0.2) is 14.9 Å². The van der Waals surface area contributed by atoms with Crippen LogP contribution in [-0.2, 0) is 9.84 Å². The molecule has 5 nitrogen and oxygen atoms in total. The van der Waals surface area contributed by atoms with Gasteiger partial charge in [-0.2, -0.15) is 0 Å². The van der Waals surface area contributed by atoms with Crippen molar-refractivity contribution in [3.05, 3.63) is 53.2 Å². The second-order valence-electron chi connectivity index (χ2n) is 7.77. The first-order valence-electron chi connectivity index (χ1n) is 9.35. The Balaban J connectivity index is 1.53. The lowest BCUT2D eigenvalue weighted by atomic mass is 9.90. The van der Waals surface area contributed by atoms with Gasteiger partial charge in [-0.3, -0.25) is 0 Å². The molecule has 3 unspecified atom stereocenters. The van der Waals surface area contributed by atoms with Crippen molar-refractivity contribution in [2.45, 2.75) is 36.9 Å². The van der Waals surface area contributed by atoms with Crippen LogP contribution in [0.5, 0.6) is 0 Å². The fraction of sp³-hybridized carbons (Fsp3) is 0.450. The summed E-state index contributed by atoms with van der Waals surface area (Å²) in [4.78, 5) is 6.30. The monoisotopic (exact) mass is 407 g/mol. The molecule has 3 heterocycles. The molecule has 28 heavy (non-hydrogen) atoms. The standard InChI is InChI=1S/C20H23F2N3O2S/c1-12-8-19(28(2,26)27)23-10-18(12)25-7-6-16-13(11-25)9-17(24-16)20-14(21)4-3-5-15(20)22/h3-5,8,10,13,16-17,24H,6-7,9,11H2,1-2H3. The maximum atomic E-state index is 14.2. The fourth-order valence-corrected chi connectivity index (χ4v) is 5.08. The highest BCUT2D eigenvalue weighted by molar-refractivity contribution is 7.90. The molecular formula is C20H23F2N3O2S. The van der Waals surface area contributed by atoms with Gasteiger partial charge >= 0.3 is 0 Å².